The lowest BCUT2D eigenvalue weighted by atomic mass is 10.2. The monoisotopic (exact) mass is 355 g/mol. The number of methoxy groups -OCH3 is 1. The molecule has 0 bridgehead atoms. The summed E-state index contributed by atoms with van der Waals surface area (Å²) >= 11 is 0. The number of benzene rings is 1. The molecule has 0 radical (unpaired) electrons. The molecule has 0 aliphatic carbocycles. The first-order valence-corrected chi connectivity index (χ1v) is 9.00. The number of hydrogen-bond acceptors (Lipinski definition) is 5. The van der Waals surface area contributed by atoms with Gasteiger partial charge < -0.3 is 15.0 Å². The predicted molar refractivity (Wildman–Crippen MR) is 88.2 cm³/mol. The molecule has 1 aliphatic rings. The summed E-state index contributed by atoms with van der Waals surface area (Å²) in [6.45, 7) is 2.35. The lowest BCUT2D eigenvalue weighted by Gasteiger charge is -2.15. The molecule has 0 unspecified atom stereocenters. The van der Waals surface area contributed by atoms with Crippen LogP contribution < -0.4 is 14.9 Å². The van der Waals surface area contributed by atoms with Gasteiger partial charge in [0.25, 0.3) is 0 Å². The van der Waals surface area contributed by atoms with E-state index in [4.69, 9.17) is 4.74 Å². The van der Waals surface area contributed by atoms with E-state index in [-0.39, 0.29) is 17.3 Å². The van der Waals surface area contributed by atoms with E-state index in [1.807, 2.05) is 0 Å². The van der Waals surface area contributed by atoms with Crippen molar-refractivity contribution < 1.29 is 22.7 Å². The summed E-state index contributed by atoms with van der Waals surface area (Å²) in [4.78, 5) is 24.8. The number of rotatable bonds is 7. The number of carbonyl (C=O) groups is 2. The fourth-order valence-corrected chi connectivity index (χ4v) is 3.50. The maximum absolute atomic E-state index is 12.3. The number of fused-ring (bicyclic) bond motifs is 1. The third-order valence-corrected chi connectivity index (χ3v) is 5.09. The Morgan fingerprint density at radius 1 is 1.33 bits per heavy atom. The molecule has 0 aromatic heterocycles. The summed E-state index contributed by atoms with van der Waals surface area (Å²) in [5.74, 6) is -0.505. The number of anilines is 1. The molecule has 9 heteroatoms. The van der Waals surface area contributed by atoms with E-state index in [0.29, 0.717) is 26.1 Å². The van der Waals surface area contributed by atoms with Crippen LogP contribution in [0.25, 0.3) is 0 Å². The highest BCUT2D eigenvalue weighted by atomic mass is 32.2. The Hall–Kier alpha value is -1.97. The van der Waals surface area contributed by atoms with E-state index < -0.39 is 15.9 Å². The fraction of sp³-hybridized carbons (Fsp3) is 0.467. The van der Waals surface area contributed by atoms with E-state index in [1.165, 1.54) is 20.1 Å². The van der Waals surface area contributed by atoms with Crippen molar-refractivity contribution in [3.05, 3.63) is 23.8 Å². The minimum Gasteiger partial charge on any atom is -0.383 e. The van der Waals surface area contributed by atoms with Crippen LogP contribution in [-0.4, -0.2) is 53.6 Å². The molecular formula is C15H21N3O5S. The number of amides is 2. The number of hydrogen-bond donors (Lipinski definition) is 2. The maximum Gasteiger partial charge on any atom is 0.241 e. The lowest BCUT2D eigenvalue weighted by Crippen LogP contribution is -2.38. The van der Waals surface area contributed by atoms with Gasteiger partial charge in [0, 0.05) is 32.8 Å². The highest BCUT2D eigenvalue weighted by molar-refractivity contribution is 7.89. The van der Waals surface area contributed by atoms with Gasteiger partial charge in [-0.2, -0.15) is 0 Å². The number of nitrogens with one attached hydrogen (secondary N) is 2. The molecule has 8 nitrogen and oxygen atoms in total. The highest BCUT2D eigenvalue weighted by Crippen LogP contribution is 2.30. The molecule has 2 N–H and O–H groups in total. The standard InChI is InChI=1S/C15H21N3O5S/c1-11(19)18-7-5-12-9-13(3-4-14(12)18)24(21,22)17-10-15(20)16-6-8-23-2/h3-4,9,17H,5-8,10H2,1-2H3,(H,16,20). The quantitative estimate of drug-likeness (QED) is 0.650. The zero-order chi connectivity index (χ0) is 17.7. The molecule has 1 aromatic rings. The first-order valence-electron chi connectivity index (χ1n) is 7.51. The topological polar surface area (TPSA) is 105 Å². The van der Waals surface area contributed by atoms with Crippen molar-refractivity contribution in [2.24, 2.45) is 0 Å². The Kier molecular flexibility index (Phi) is 5.92. The summed E-state index contributed by atoms with van der Waals surface area (Å²) in [5, 5.41) is 2.53. The second-order valence-corrected chi connectivity index (χ2v) is 7.15. The molecule has 1 aromatic carbocycles. The van der Waals surface area contributed by atoms with E-state index in [2.05, 4.69) is 10.0 Å². The van der Waals surface area contributed by atoms with Crippen LogP contribution in [0.5, 0.6) is 0 Å². The largest absolute Gasteiger partial charge is 0.383 e. The molecule has 1 heterocycles. The number of sulfonamides is 1. The molecule has 2 rings (SSSR count). The Morgan fingerprint density at radius 2 is 2.08 bits per heavy atom. The Balaban J connectivity index is 2.03. The van der Waals surface area contributed by atoms with E-state index >= 15 is 0 Å². The zero-order valence-corrected chi connectivity index (χ0v) is 14.5. The van der Waals surface area contributed by atoms with Crippen LogP contribution in [0, 0.1) is 0 Å². The van der Waals surface area contributed by atoms with Gasteiger partial charge in [-0.25, -0.2) is 13.1 Å². The molecule has 1 aliphatic heterocycles. The molecule has 0 fully saturated rings. The summed E-state index contributed by atoms with van der Waals surface area (Å²) in [6.07, 6.45) is 0.607. The van der Waals surface area contributed by atoms with Crippen molar-refractivity contribution in [3.8, 4) is 0 Å². The second kappa shape index (κ2) is 7.73. The molecule has 0 saturated carbocycles. The molecule has 0 saturated heterocycles. The summed E-state index contributed by atoms with van der Waals surface area (Å²) in [5.41, 5.74) is 1.54. The van der Waals surface area contributed by atoms with Crippen LogP contribution in [0.3, 0.4) is 0 Å². The Labute approximate surface area is 141 Å². The molecule has 24 heavy (non-hydrogen) atoms. The SMILES string of the molecule is COCCNC(=O)CNS(=O)(=O)c1ccc2c(c1)CCN2C(C)=O. The molecule has 2 amide bonds. The second-order valence-electron chi connectivity index (χ2n) is 5.38. The van der Waals surface area contributed by atoms with Gasteiger partial charge in [0.15, 0.2) is 0 Å². The molecular weight excluding hydrogens is 334 g/mol. The van der Waals surface area contributed by atoms with Gasteiger partial charge in [-0.05, 0) is 30.2 Å². The Bertz CT molecular complexity index is 733. The van der Waals surface area contributed by atoms with E-state index in [0.717, 1.165) is 11.3 Å². The number of carbonyl (C=O) groups excluding carboxylic acids is 2. The summed E-state index contributed by atoms with van der Waals surface area (Å²) in [7, 11) is -2.28. The van der Waals surface area contributed by atoms with Crippen molar-refractivity contribution in [2.75, 3.05) is 38.3 Å². The summed E-state index contributed by atoms with van der Waals surface area (Å²) < 4.78 is 31.6. The van der Waals surface area contributed by atoms with Gasteiger partial charge >= 0.3 is 0 Å². The van der Waals surface area contributed by atoms with Crippen LogP contribution in [-0.2, 0) is 30.8 Å². The average molecular weight is 355 g/mol. The number of ether oxygens (including phenoxy) is 1. The zero-order valence-electron chi connectivity index (χ0n) is 13.7. The van der Waals surface area contributed by atoms with Crippen molar-refractivity contribution in [3.63, 3.8) is 0 Å². The van der Waals surface area contributed by atoms with Crippen molar-refractivity contribution in [2.45, 2.75) is 18.2 Å². The maximum atomic E-state index is 12.3. The molecule has 0 atom stereocenters. The fourth-order valence-electron chi connectivity index (χ4n) is 2.47. The van der Waals surface area contributed by atoms with Crippen LogP contribution in [0.4, 0.5) is 5.69 Å². The van der Waals surface area contributed by atoms with Crippen LogP contribution >= 0.6 is 0 Å². The minimum absolute atomic E-state index is 0.0739. The van der Waals surface area contributed by atoms with Gasteiger partial charge in [0.05, 0.1) is 18.0 Å². The predicted octanol–water partition coefficient (Wildman–Crippen LogP) is -0.363. The van der Waals surface area contributed by atoms with Gasteiger partial charge in [0.2, 0.25) is 21.8 Å². The van der Waals surface area contributed by atoms with Crippen molar-refractivity contribution in [1.82, 2.24) is 10.0 Å². The molecule has 132 valence electrons. The normalized spacial score (nSPS) is 13.7. The minimum atomic E-state index is -3.79. The van der Waals surface area contributed by atoms with Crippen molar-refractivity contribution in [1.29, 1.82) is 0 Å². The molecule has 0 spiro atoms. The van der Waals surface area contributed by atoms with Gasteiger partial charge in [-0.15, -0.1) is 0 Å². The van der Waals surface area contributed by atoms with Crippen LogP contribution in [0.1, 0.15) is 12.5 Å². The lowest BCUT2D eigenvalue weighted by molar-refractivity contribution is -0.120. The van der Waals surface area contributed by atoms with Crippen LogP contribution in [0.2, 0.25) is 0 Å². The summed E-state index contributed by atoms with van der Waals surface area (Å²) in [6, 6.07) is 4.60. The van der Waals surface area contributed by atoms with E-state index in [9.17, 15) is 18.0 Å². The Morgan fingerprint density at radius 3 is 2.75 bits per heavy atom. The van der Waals surface area contributed by atoms with Gasteiger partial charge in [0.1, 0.15) is 0 Å². The van der Waals surface area contributed by atoms with Crippen LogP contribution in [0.15, 0.2) is 23.1 Å². The number of nitrogens with zero attached hydrogens (tertiary/aromatic N) is 1. The van der Waals surface area contributed by atoms with Gasteiger partial charge in [-0.1, -0.05) is 0 Å². The third-order valence-electron chi connectivity index (χ3n) is 3.69. The average Bonchev–Trinajstić information content (AvgIpc) is 2.96. The van der Waals surface area contributed by atoms with Gasteiger partial charge in [-0.3, -0.25) is 9.59 Å². The third kappa shape index (κ3) is 4.31. The highest BCUT2D eigenvalue weighted by Gasteiger charge is 2.24. The van der Waals surface area contributed by atoms with E-state index in [1.54, 1.807) is 17.0 Å². The first-order chi connectivity index (χ1) is 11.3. The van der Waals surface area contributed by atoms with Crippen molar-refractivity contribution >= 4 is 27.5 Å². The smallest absolute Gasteiger partial charge is 0.241 e. The first kappa shape index (κ1) is 18.4.